The van der Waals surface area contributed by atoms with Crippen molar-refractivity contribution in [2.75, 3.05) is 35.9 Å². The summed E-state index contributed by atoms with van der Waals surface area (Å²) in [5.74, 6) is 0. The molecule has 0 fully saturated rings. The molecular formula is C38H40N4S2. The van der Waals surface area contributed by atoms with Gasteiger partial charge in [0.05, 0.1) is 27.8 Å². The number of nitrogens with zero attached hydrogens (tertiary/aromatic N) is 2. The van der Waals surface area contributed by atoms with Gasteiger partial charge in [0.1, 0.15) is 0 Å². The van der Waals surface area contributed by atoms with E-state index in [4.69, 9.17) is 0 Å². The molecule has 2 N–H and O–H groups in total. The minimum atomic E-state index is 1.04. The molecule has 0 bridgehead atoms. The summed E-state index contributed by atoms with van der Waals surface area (Å²) in [6, 6.07) is 19.6. The van der Waals surface area contributed by atoms with E-state index < -0.39 is 0 Å². The van der Waals surface area contributed by atoms with Gasteiger partial charge in [-0.2, -0.15) is 0 Å². The molecule has 4 aromatic rings. The van der Waals surface area contributed by atoms with Gasteiger partial charge >= 0.3 is 0 Å². The summed E-state index contributed by atoms with van der Waals surface area (Å²) in [7, 11) is 4.19. The van der Waals surface area contributed by atoms with E-state index in [1.165, 1.54) is 59.9 Å². The second-order valence-corrected chi connectivity index (χ2v) is 13.2. The monoisotopic (exact) mass is 616 g/mol. The summed E-state index contributed by atoms with van der Waals surface area (Å²) in [6.07, 6.45) is 23.1. The van der Waals surface area contributed by atoms with Crippen molar-refractivity contribution in [2.45, 2.75) is 42.9 Å². The van der Waals surface area contributed by atoms with Crippen LogP contribution >= 0.6 is 23.5 Å². The highest BCUT2D eigenvalue weighted by Crippen LogP contribution is 2.45. The Hall–Kier alpha value is -4.00. The molecule has 2 aliphatic rings. The van der Waals surface area contributed by atoms with Crippen LogP contribution in [-0.4, -0.2) is 24.9 Å². The van der Waals surface area contributed by atoms with Crippen LogP contribution in [0.1, 0.15) is 37.3 Å². The van der Waals surface area contributed by atoms with Gasteiger partial charge in [0.15, 0.2) is 0 Å². The van der Waals surface area contributed by atoms with Crippen molar-refractivity contribution in [3.8, 4) is 0 Å². The van der Waals surface area contributed by atoms with Crippen molar-refractivity contribution in [3.63, 3.8) is 0 Å². The Labute approximate surface area is 270 Å². The van der Waals surface area contributed by atoms with Crippen LogP contribution in [0.5, 0.6) is 0 Å². The van der Waals surface area contributed by atoms with E-state index in [2.05, 4.69) is 158 Å². The van der Waals surface area contributed by atoms with Crippen molar-refractivity contribution in [1.29, 1.82) is 0 Å². The van der Waals surface area contributed by atoms with Crippen LogP contribution < -0.4 is 15.5 Å². The molecule has 6 rings (SSSR count). The summed E-state index contributed by atoms with van der Waals surface area (Å²) in [6.45, 7) is 4.27. The second-order valence-electron chi connectivity index (χ2n) is 11.4. The molecule has 0 spiro atoms. The van der Waals surface area contributed by atoms with E-state index in [1.807, 2.05) is 11.8 Å². The third-order valence-corrected chi connectivity index (χ3v) is 10.2. The van der Waals surface area contributed by atoms with Crippen LogP contribution in [0.2, 0.25) is 0 Å². The molecule has 0 saturated heterocycles. The average Bonchev–Trinajstić information content (AvgIpc) is 3.69. The van der Waals surface area contributed by atoms with Crippen LogP contribution in [0.4, 0.5) is 17.1 Å². The zero-order valence-corrected chi connectivity index (χ0v) is 27.8. The maximum atomic E-state index is 3.65. The number of fused-ring (bicyclic) bond motifs is 2. The number of hydrogen-bond donors (Lipinski definition) is 2. The van der Waals surface area contributed by atoms with Crippen LogP contribution in [0.3, 0.4) is 0 Å². The molecule has 0 saturated carbocycles. The zero-order valence-electron chi connectivity index (χ0n) is 26.1. The first-order valence-corrected chi connectivity index (χ1v) is 17.2. The van der Waals surface area contributed by atoms with E-state index >= 15 is 0 Å². The summed E-state index contributed by atoms with van der Waals surface area (Å²) in [4.78, 5) is 4.74. The molecule has 4 nitrogen and oxygen atoms in total. The summed E-state index contributed by atoms with van der Waals surface area (Å²) in [5.41, 5.74) is 10.1. The van der Waals surface area contributed by atoms with Crippen molar-refractivity contribution in [3.05, 3.63) is 125 Å². The lowest BCUT2D eigenvalue weighted by Gasteiger charge is -2.23. The number of hydrogen-bond acceptors (Lipinski definition) is 5. The third-order valence-electron chi connectivity index (χ3n) is 8.21. The summed E-state index contributed by atoms with van der Waals surface area (Å²) >= 11 is 3.61. The van der Waals surface area contributed by atoms with E-state index in [1.54, 1.807) is 11.8 Å². The molecule has 1 aliphatic carbocycles. The number of aromatic nitrogens is 1. The molecule has 1 aliphatic heterocycles. The van der Waals surface area contributed by atoms with Crippen LogP contribution in [-0.2, 0) is 0 Å². The number of nitrogens with one attached hydrogen (secondary N) is 2. The first-order valence-electron chi connectivity index (χ1n) is 15.2. The second kappa shape index (κ2) is 13.3. The Balaban J connectivity index is 1.34. The maximum absolute atomic E-state index is 3.65. The fraction of sp³-hybridized carbons (Fsp3) is 0.211. The minimum absolute atomic E-state index is 1.04. The Morgan fingerprint density at radius 1 is 1.00 bits per heavy atom. The molecule has 44 heavy (non-hydrogen) atoms. The Bertz CT molecular complexity index is 1850. The lowest BCUT2D eigenvalue weighted by molar-refractivity contribution is 0.785. The van der Waals surface area contributed by atoms with Gasteiger partial charge in [0.2, 0.25) is 0 Å². The number of benzene rings is 3. The first kappa shape index (κ1) is 30.0. The van der Waals surface area contributed by atoms with Gasteiger partial charge in [-0.3, -0.25) is 0 Å². The van der Waals surface area contributed by atoms with E-state index in [-0.39, 0.29) is 0 Å². The van der Waals surface area contributed by atoms with E-state index in [9.17, 15) is 0 Å². The van der Waals surface area contributed by atoms with Crippen molar-refractivity contribution < 1.29 is 0 Å². The topological polar surface area (TPSA) is 32.2 Å². The SMILES string of the molecule is C/C=C\c1c(C)ccc2c1S/C(=C\C=C1/CCCC(/C=C\Nc3ccc4ccccc4c3SC)=C1n1ccc(N(C)C)c1)N2. The van der Waals surface area contributed by atoms with Gasteiger partial charge in [0.25, 0.3) is 0 Å². The van der Waals surface area contributed by atoms with Gasteiger partial charge in [-0.25, -0.2) is 0 Å². The van der Waals surface area contributed by atoms with Crippen LogP contribution in [0.25, 0.3) is 22.5 Å². The summed E-state index contributed by atoms with van der Waals surface area (Å²) in [5, 5.41) is 11.0. The predicted octanol–water partition coefficient (Wildman–Crippen LogP) is 10.8. The summed E-state index contributed by atoms with van der Waals surface area (Å²) < 4.78 is 2.30. The average molecular weight is 617 g/mol. The highest BCUT2D eigenvalue weighted by Gasteiger charge is 2.21. The zero-order chi connectivity index (χ0) is 30.6. The molecule has 6 heteroatoms. The predicted molar refractivity (Wildman–Crippen MR) is 196 cm³/mol. The van der Waals surface area contributed by atoms with Crippen molar-refractivity contribution in [1.82, 2.24) is 4.57 Å². The molecule has 0 atom stereocenters. The maximum Gasteiger partial charge on any atom is 0.0775 e. The lowest BCUT2D eigenvalue weighted by Crippen LogP contribution is -2.09. The molecular weight excluding hydrogens is 577 g/mol. The molecule has 0 amide bonds. The van der Waals surface area contributed by atoms with E-state index in [0.717, 1.165) is 30.0 Å². The fourth-order valence-electron chi connectivity index (χ4n) is 5.97. The number of anilines is 3. The van der Waals surface area contributed by atoms with Gasteiger partial charge in [-0.05, 0) is 103 Å². The minimum Gasteiger partial charge on any atom is -0.376 e. The van der Waals surface area contributed by atoms with Gasteiger partial charge in [-0.15, -0.1) is 11.8 Å². The molecule has 0 unspecified atom stereocenters. The lowest BCUT2D eigenvalue weighted by atomic mass is 9.91. The van der Waals surface area contributed by atoms with Crippen LogP contribution in [0, 0.1) is 6.92 Å². The molecule has 2 heterocycles. The quantitative estimate of drug-likeness (QED) is 0.192. The molecule has 1 aromatic heterocycles. The molecule has 3 aromatic carbocycles. The normalized spacial score (nSPS) is 16.9. The van der Waals surface area contributed by atoms with Gasteiger partial charge < -0.3 is 20.1 Å². The van der Waals surface area contributed by atoms with E-state index in [0.29, 0.717) is 0 Å². The number of rotatable bonds is 8. The smallest absolute Gasteiger partial charge is 0.0775 e. The van der Waals surface area contributed by atoms with Crippen LogP contribution in [0.15, 0.2) is 123 Å². The molecule has 224 valence electrons. The van der Waals surface area contributed by atoms with Gasteiger partial charge in [-0.1, -0.05) is 66.4 Å². The molecule has 0 radical (unpaired) electrons. The largest absolute Gasteiger partial charge is 0.376 e. The number of thioether (sulfide) groups is 2. The first-order chi connectivity index (χ1) is 21.5. The standard InChI is InChI=1S/C38H40N4S2/c1-6-10-31-26(2)15-18-34-38(31)44-35(40-34)20-17-28-12-9-13-29(36(28)42-24-22-30(25-42)41(3)4)21-23-39-33-19-16-27-11-7-8-14-32(27)37(33)43-5/h6-8,10-11,14-25,39-40H,9,12-13H2,1-5H3/b10-6-,23-21-,28-17+,35-20-. The Morgan fingerprint density at radius 2 is 1.86 bits per heavy atom. The Morgan fingerprint density at radius 3 is 2.66 bits per heavy atom. The Kier molecular flexibility index (Phi) is 9.10. The highest BCUT2D eigenvalue weighted by atomic mass is 32.2. The number of aryl methyl sites for hydroxylation is 1. The van der Waals surface area contributed by atoms with Crippen molar-refractivity contribution in [2.24, 2.45) is 0 Å². The van der Waals surface area contributed by atoms with Gasteiger partial charge in [0, 0.05) is 42.5 Å². The third kappa shape index (κ3) is 6.15. The number of allylic oxidation sites excluding steroid dienone is 7. The fourth-order valence-corrected chi connectivity index (χ4v) is 7.80. The van der Waals surface area contributed by atoms with Crippen molar-refractivity contribution >= 4 is 63.1 Å². The highest BCUT2D eigenvalue weighted by molar-refractivity contribution is 8.03.